The molecule has 1 aromatic heterocycles. The average Bonchev–Trinajstić information content (AvgIpc) is 3.01. The number of hydrogen-bond acceptors (Lipinski definition) is 3. The molecule has 116 valence electrons. The van der Waals surface area contributed by atoms with Gasteiger partial charge in [0.2, 0.25) is 0 Å². The number of fused-ring (bicyclic) bond motifs is 1. The molecule has 2 amide bonds. The Morgan fingerprint density at radius 1 is 1.36 bits per heavy atom. The van der Waals surface area contributed by atoms with Crippen LogP contribution in [0.5, 0.6) is 5.75 Å². The number of nitrogens with one attached hydrogen (secondary N) is 1. The Morgan fingerprint density at radius 2 is 2.14 bits per heavy atom. The van der Waals surface area contributed by atoms with E-state index < -0.39 is 0 Å². The van der Waals surface area contributed by atoms with Gasteiger partial charge in [-0.05, 0) is 47.5 Å². The predicted octanol–water partition coefficient (Wildman–Crippen LogP) is 3.67. The molecule has 0 bridgehead atoms. The number of urea groups is 1. The molecule has 2 N–H and O–H groups in total. The summed E-state index contributed by atoms with van der Waals surface area (Å²) in [5.74, 6) is 0.238. The Hall–Kier alpha value is -2.01. The third-order valence-electron chi connectivity index (χ3n) is 4.12. The van der Waals surface area contributed by atoms with Crippen molar-refractivity contribution in [2.24, 2.45) is 0 Å². The first-order chi connectivity index (χ1) is 10.7. The molecule has 2 heterocycles. The maximum absolute atomic E-state index is 12.5. The highest BCUT2D eigenvalue weighted by atomic mass is 32.1. The number of aromatic hydroxyl groups is 1. The minimum atomic E-state index is -0.0169. The number of amides is 2. The van der Waals surface area contributed by atoms with E-state index in [0.717, 1.165) is 24.9 Å². The van der Waals surface area contributed by atoms with E-state index in [0.29, 0.717) is 6.54 Å². The molecule has 1 unspecified atom stereocenters. The van der Waals surface area contributed by atoms with Gasteiger partial charge < -0.3 is 15.3 Å². The molecular formula is C17H20N2O2S. The van der Waals surface area contributed by atoms with Crippen molar-refractivity contribution in [1.82, 2.24) is 10.2 Å². The monoisotopic (exact) mass is 316 g/mol. The number of nitrogens with zero attached hydrogens (tertiary/aromatic N) is 1. The lowest BCUT2D eigenvalue weighted by Crippen LogP contribution is -2.44. The van der Waals surface area contributed by atoms with E-state index in [-0.39, 0.29) is 17.8 Å². The van der Waals surface area contributed by atoms with E-state index >= 15 is 0 Å². The van der Waals surface area contributed by atoms with Crippen molar-refractivity contribution in [3.05, 3.63) is 51.7 Å². The number of phenols is 1. The van der Waals surface area contributed by atoms with Crippen LogP contribution in [0.3, 0.4) is 0 Å². The number of benzene rings is 1. The van der Waals surface area contributed by atoms with Crippen molar-refractivity contribution >= 4 is 17.4 Å². The molecule has 0 saturated heterocycles. The normalized spacial score (nSPS) is 17.1. The van der Waals surface area contributed by atoms with Gasteiger partial charge >= 0.3 is 6.03 Å². The van der Waals surface area contributed by atoms with Crippen LogP contribution < -0.4 is 5.32 Å². The standard InChI is InChI=1S/C17H20N2O2S/c1-2-15-14-8-10-22-16(14)7-9-19(15)17(21)18-11-12-3-5-13(20)6-4-12/h3-6,8,10,15,20H,2,7,9,11H2,1H3,(H,18,21). The maximum Gasteiger partial charge on any atom is 0.318 e. The summed E-state index contributed by atoms with van der Waals surface area (Å²) >= 11 is 1.79. The molecule has 0 radical (unpaired) electrons. The zero-order valence-corrected chi connectivity index (χ0v) is 13.4. The minimum absolute atomic E-state index is 0.0169. The number of rotatable bonds is 3. The van der Waals surface area contributed by atoms with Crippen LogP contribution in [0.1, 0.15) is 35.4 Å². The van der Waals surface area contributed by atoms with Gasteiger partial charge in [0, 0.05) is 18.0 Å². The van der Waals surface area contributed by atoms with Crippen LogP contribution in [0.25, 0.3) is 0 Å². The lowest BCUT2D eigenvalue weighted by atomic mass is 9.98. The summed E-state index contributed by atoms with van der Waals surface area (Å²) in [5, 5.41) is 14.4. The van der Waals surface area contributed by atoms with Crippen molar-refractivity contribution in [3.8, 4) is 5.75 Å². The summed E-state index contributed by atoms with van der Waals surface area (Å²) in [7, 11) is 0. The molecule has 4 nitrogen and oxygen atoms in total. The Balaban J connectivity index is 1.66. The Labute approximate surface area is 134 Å². The highest BCUT2D eigenvalue weighted by molar-refractivity contribution is 7.10. The summed E-state index contributed by atoms with van der Waals surface area (Å²) in [6.07, 6.45) is 1.87. The minimum Gasteiger partial charge on any atom is -0.508 e. The van der Waals surface area contributed by atoms with Gasteiger partial charge in [0.15, 0.2) is 0 Å². The topological polar surface area (TPSA) is 52.6 Å². The Morgan fingerprint density at radius 3 is 2.86 bits per heavy atom. The van der Waals surface area contributed by atoms with Crippen molar-refractivity contribution in [3.63, 3.8) is 0 Å². The van der Waals surface area contributed by atoms with Crippen LogP contribution in [-0.2, 0) is 13.0 Å². The largest absolute Gasteiger partial charge is 0.508 e. The fourth-order valence-corrected chi connectivity index (χ4v) is 3.90. The molecule has 1 aliphatic rings. The zero-order valence-electron chi connectivity index (χ0n) is 12.6. The van der Waals surface area contributed by atoms with Gasteiger partial charge in [-0.3, -0.25) is 0 Å². The van der Waals surface area contributed by atoms with Gasteiger partial charge in [-0.25, -0.2) is 4.79 Å². The molecule has 1 atom stereocenters. The summed E-state index contributed by atoms with van der Waals surface area (Å²) in [6.45, 7) is 3.37. The van der Waals surface area contributed by atoms with Crippen molar-refractivity contribution in [1.29, 1.82) is 0 Å². The van der Waals surface area contributed by atoms with E-state index in [4.69, 9.17) is 0 Å². The first-order valence-corrected chi connectivity index (χ1v) is 8.45. The second-order valence-electron chi connectivity index (χ2n) is 5.49. The molecule has 2 aromatic rings. The lowest BCUT2D eigenvalue weighted by Gasteiger charge is -2.35. The van der Waals surface area contributed by atoms with Crippen molar-refractivity contribution in [2.45, 2.75) is 32.4 Å². The first-order valence-electron chi connectivity index (χ1n) is 7.57. The molecule has 1 aromatic carbocycles. The highest BCUT2D eigenvalue weighted by Crippen LogP contribution is 2.35. The van der Waals surface area contributed by atoms with E-state index in [1.54, 1.807) is 23.5 Å². The molecule has 1 aliphatic heterocycles. The fourth-order valence-electron chi connectivity index (χ4n) is 2.97. The molecule has 0 saturated carbocycles. The van der Waals surface area contributed by atoms with Crippen molar-refractivity contribution in [2.75, 3.05) is 6.54 Å². The van der Waals surface area contributed by atoms with Gasteiger partial charge in [0.05, 0.1) is 6.04 Å². The summed E-state index contributed by atoms with van der Waals surface area (Å²) < 4.78 is 0. The summed E-state index contributed by atoms with van der Waals surface area (Å²) in [5.41, 5.74) is 2.28. The fraction of sp³-hybridized carbons (Fsp3) is 0.353. The summed E-state index contributed by atoms with van der Waals surface area (Å²) in [4.78, 5) is 15.9. The van der Waals surface area contributed by atoms with Crippen LogP contribution in [0.15, 0.2) is 35.7 Å². The zero-order chi connectivity index (χ0) is 15.5. The van der Waals surface area contributed by atoms with E-state index in [1.165, 1.54) is 10.4 Å². The van der Waals surface area contributed by atoms with Crippen LogP contribution in [-0.4, -0.2) is 22.6 Å². The number of carbonyl (C=O) groups excluding carboxylic acids is 1. The van der Waals surface area contributed by atoms with E-state index in [1.807, 2.05) is 17.0 Å². The quantitative estimate of drug-likeness (QED) is 0.907. The van der Waals surface area contributed by atoms with Gasteiger partial charge in [-0.15, -0.1) is 11.3 Å². The highest BCUT2D eigenvalue weighted by Gasteiger charge is 2.30. The average molecular weight is 316 g/mol. The molecule has 5 heteroatoms. The van der Waals surface area contributed by atoms with Gasteiger partial charge in [-0.1, -0.05) is 19.1 Å². The van der Waals surface area contributed by atoms with E-state index in [2.05, 4.69) is 23.7 Å². The van der Waals surface area contributed by atoms with Crippen LogP contribution >= 0.6 is 11.3 Å². The maximum atomic E-state index is 12.5. The first kappa shape index (κ1) is 14.9. The lowest BCUT2D eigenvalue weighted by molar-refractivity contribution is 0.167. The number of carbonyl (C=O) groups is 1. The number of phenolic OH excluding ortho intramolecular Hbond substituents is 1. The molecule has 0 spiro atoms. The molecule has 22 heavy (non-hydrogen) atoms. The van der Waals surface area contributed by atoms with Crippen LogP contribution in [0.2, 0.25) is 0 Å². The second kappa shape index (κ2) is 6.40. The van der Waals surface area contributed by atoms with Gasteiger partial charge in [0.25, 0.3) is 0 Å². The Kier molecular flexibility index (Phi) is 4.34. The van der Waals surface area contributed by atoms with Crippen LogP contribution in [0, 0.1) is 0 Å². The smallest absolute Gasteiger partial charge is 0.318 e. The molecule has 3 rings (SSSR count). The van der Waals surface area contributed by atoms with Gasteiger partial charge in [-0.2, -0.15) is 0 Å². The van der Waals surface area contributed by atoms with Crippen molar-refractivity contribution < 1.29 is 9.90 Å². The molecule has 0 fully saturated rings. The Bertz CT molecular complexity index is 651. The molecule has 0 aliphatic carbocycles. The van der Waals surface area contributed by atoms with Gasteiger partial charge in [0.1, 0.15) is 5.75 Å². The van der Waals surface area contributed by atoms with Crippen LogP contribution in [0.4, 0.5) is 4.79 Å². The number of thiophene rings is 1. The third kappa shape index (κ3) is 2.95. The number of hydrogen-bond donors (Lipinski definition) is 2. The second-order valence-corrected chi connectivity index (χ2v) is 6.49. The third-order valence-corrected chi connectivity index (χ3v) is 5.12. The van der Waals surface area contributed by atoms with E-state index in [9.17, 15) is 9.90 Å². The SMILES string of the molecule is CCC1c2ccsc2CCN1C(=O)NCc1ccc(O)cc1. The molecular weight excluding hydrogens is 296 g/mol. The predicted molar refractivity (Wildman–Crippen MR) is 88.1 cm³/mol. The summed E-state index contributed by atoms with van der Waals surface area (Å²) in [6, 6.07) is 9.21.